The van der Waals surface area contributed by atoms with Gasteiger partial charge in [-0.2, -0.15) is 0 Å². The second-order valence-corrected chi connectivity index (χ2v) is 6.64. The van der Waals surface area contributed by atoms with E-state index in [1.54, 1.807) is 12.1 Å². The van der Waals surface area contributed by atoms with Crippen LogP contribution in [0.4, 0.5) is 0 Å². The second-order valence-electron chi connectivity index (χ2n) is 4.81. The SMILES string of the molecule is Cc1noc(C)c1CNC(=O)CSCc1ccc(Cl)cc1Cl. The molecular formula is C15H16Cl2N2O2S. The number of carbonyl (C=O) groups is 1. The minimum atomic E-state index is -0.0323. The van der Waals surface area contributed by atoms with Crippen LogP contribution in [0.1, 0.15) is 22.6 Å². The van der Waals surface area contributed by atoms with Gasteiger partial charge in [-0.3, -0.25) is 4.79 Å². The molecule has 0 aliphatic carbocycles. The summed E-state index contributed by atoms with van der Waals surface area (Å²) in [6, 6.07) is 5.37. The number of nitrogens with one attached hydrogen (secondary N) is 1. The van der Waals surface area contributed by atoms with Crippen molar-refractivity contribution in [3.05, 3.63) is 50.8 Å². The van der Waals surface area contributed by atoms with Crippen molar-refractivity contribution in [2.45, 2.75) is 26.1 Å². The maximum atomic E-state index is 11.9. The smallest absolute Gasteiger partial charge is 0.230 e. The Bertz CT molecular complexity index is 654. The largest absolute Gasteiger partial charge is 0.361 e. The zero-order chi connectivity index (χ0) is 16.1. The lowest BCUT2D eigenvalue weighted by atomic mass is 10.2. The van der Waals surface area contributed by atoms with E-state index in [4.69, 9.17) is 27.7 Å². The monoisotopic (exact) mass is 358 g/mol. The zero-order valence-corrected chi connectivity index (χ0v) is 14.6. The molecule has 4 nitrogen and oxygen atoms in total. The molecule has 0 aliphatic rings. The quantitative estimate of drug-likeness (QED) is 0.842. The lowest BCUT2D eigenvalue weighted by Crippen LogP contribution is -2.25. The number of amides is 1. The summed E-state index contributed by atoms with van der Waals surface area (Å²) < 4.78 is 5.06. The van der Waals surface area contributed by atoms with Gasteiger partial charge in [0.25, 0.3) is 0 Å². The van der Waals surface area contributed by atoms with Gasteiger partial charge in [0.15, 0.2) is 0 Å². The maximum Gasteiger partial charge on any atom is 0.230 e. The highest BCUT2D eigenvalue weighted by Gasteiger charge is 2.10. The normalized spacial score (nSPS) is 10.7. The molecule has 0 aliphatic heterocycles. The average Bonchev–Trinajstić information content (AvgIpc) is 2.78. The van der Waals surface area contributed by atoms with Crippen molar-refractivity contribution >= 4 is 40.9 Å². The molecule has 0 bridgehead atoms. The molecule has 0 fully saturated rings. The van der Waals surface area contributed by atoms with Gasteiger partial charge in [-0.25, -0.2) is 0 Å². The van der Waals surface area contributed by atoms with E-state index in [1.165, 1.54) is 11.8 Å². The van der Waals surface area contributed by atoms with Gasteiger partial charge in [-0.05, 0) is 31.5 Å². The molecular weight excluding hydrogens is 343 g/mol. The molecule has 0 saturated heterocycles. The van der Waals surface area contributed by atoms with E-state index in [2.05, 4.69) is 10.5 Å². The number of rotatable bonds is 6. The highest BCUT2D eigenvalue weighted by Crippen LogP contribution is 2.24. The van der Waals surface area contributed by atoms with E-state index < -0.39 is 0 Å². The lowest BCUT2D eigenvalue weighted by molar-refractivity contribution is -0.118. The standard InChI is InChI=1S/C15H16Cl2N2O2S/c1-9-13(10(2)21-19-9)6-18-15(20)8-22-7-11-3-4-12(16)5-14(11)17/h3-5H,6-8H2,1-2H3,(H,18,20). The molecule has 1 heterocycles. The van der Waals surface area contributed by atoms with E-state index in [9.17, 15) is 4.79 Å². The van der Waals surface area contributed by atoms with Crippen LogP contribution < -0.4 is 5.32 Å². The summed E-state index contributed by atoms with van der Waals surface area (Å²) in [6.07, 6.45) is 0. The molecule has 0 saturated carbocycles. The van der Waals surface area contributed by atoms with Crippen LogP contribution in [-0.4, -0.2) is 16.8 Å². The Hall–Kier alpha value is -1.17. The first-order valence-corrected chi connectivity index (χ1v) is 8.58. The molecule has 0 unspecified atom stereocenters. The third kappa shape index (κ3) is 4.66. The molecule has 7 heteroatoms. The summed E-state index contributed by atoms with van der Waals surface area (Å²) in [6.45, 7) is 4.12. The fraction of sp³-hybridized carbons (Fsp3) is 0.333. The molecule has 22 heavy (non-hydrogen) atoms. The molecule has 118 valence electrons. The van der Waals surface area contributed by atoms with E-state index >= 15 is 0 Å². The van der Waals surface area contributed by atoms with Crippen molar-refractivity contribution < 1.29 is 9.32 Å². The van der Waals surface area contributed by atoms with E-state index in [-0.39, 0.29) is 5.91 Å². The number of thioether (sulfide) groups is 1. The number of aryl methyl sites for hydroxylation is 2. The van der Waals surface area contributed by atoms with Gasteiger partial charge in [0.05, 0.1) is 11.4 Å². The third-order valence-corrected chi connectivity index (χ3v) is 4.72. The van der Waals surface area contributed by atoms with E-state index in [0.29, 0.717) is 28.1 Å². The van der Waals surface area contributed by atoms with Gasteiger partial charge in [0.1, 0.15) is 5.76 Å². The van der Waals surface area contributed by atoms with Crippen molar-refractivity contribution in [3.63, 3.8) is 0 Å². The number of aromatic nitrogens is 1. The zero-order valence-electron chi connectivity index (χ0n) is 12.3. The summed E-state index contributed by atoms with van der Waals surface area (Å²) in [5.41, 5.74) is 2.70. The Labute approximate surface area is 143 Å². The van der Waals surface area contributed by atoms with Gasteiger partial charge in [0, 0.05) is 27.9 Å². The first-order chi connectivity index (χ1) is 10.5. The fourth-order valence-electron chi connectivity index (χ4n) is 1.88. The molecule has 1 N–H and O–H groups in total. The summed E-state index contributed by atoms with van der Waals surface area (Å²) in [7, 11) is 0. The number of hydrogen-bond donors (Lipinski definition) is 1. The highest BCUT2D eigenvalue weighted by atomic mass is 35.5. The Balaban J connectivity index is 1.76. The van der Waals surface area contributed by atoms with Crippen LogP contribution in [0.15, 0.2) is 22.7 Å². The molecule has 0 atom stereocenters. The van der Waals surface area contributed by atoms with Crippen molar-refractivity contribution in [2.75, 3.05) is 5.75 Å². The molecule has 0 spiro atoms. The van der Waals surface area contributed by atoms with Gasteiger partial charge < -0.3 is 9.84 Å². The first kappa shape index (κ1) is 17.2. The number of halogens is 2. The van der Waals surface area contributed by atoms with Crippen LogP contribution in [0.5, 0.6) is 0 Å². The lowest BCUT2D eigenvalue weighted by Gasteiger charge is -2.06. The van der Waals surface area contributed by atoms with Gasteiger partial charge in [0.2, 0.25) is 5.91 Å². The number of hydrogen-bond acceptors (Lipinski definition) is 4. The molecule has 0 radical (unpaired) electrons. The second kappa shape index (κ2) is 7.90. The molecule has 1 amide bonds. The summed E-state index contributed by atoms with van der Waals surface area (Å²) in [5.74, 6) is 1.73. The summed E-state index contributed by atoms with van der Waals surface area (Å²) in [4.78, 5) is 11.9. The van der Waals surface area contributed by atoms with Crippen LogP contribution in [0.3, 0.4) is 0 Å². The van der Waals surface area contributed by atoms with Gasteiger partial charge >= 0.3 is 0 Å². The topological polar surface area (TPSA) is 55.1 Å². The molecule has 1 aromatic heterocycles. The predicted octanol–water partition coefficient (Wildman–Crippen LogP) is 4.15. The van der Waals surface area contributed by atoms with Crippen molar-refractivity contribution in [1.82, 2.24) is 10.5 Å². The van der Waals surface area contributed by atoms with E-state index in [1.807, 2.05) is 19.9 Å². The van der Waals surface area contributed by atoms with Crippen LogP contribution in [0.2, 0.25) is 10.0 Å². The van der Waals surface area contributed by atoms with Crippen molar-refractivity contribution in [2.24, 2.45) is 0 Å². The Morgan fingerprint density at radius 2 is 2.14 bits per heavy atom. The van der Waals surface area contributed by atoms with Crippen molar-refractivity contribution in [3.8, 4) is 0 Å². The van der Waals surface area contributed by atoms with Crippen LogP contribution in [-0.2, 0) is 17.1 Å². The minimum absolute atomic E-state index is 0.0323. The van der Waals surface area contributed by atoms with Crippen LogP contribution in [0.25, 0.3) is 0 Å². The third-order valence-electron chi connectivity index (χ3n) is 3.15. The molecule has 2 rings (SSSR count). The fourth-order valence-corrected chi connectivity index (χ4v) is 3.30. The minimum Gasteiger partial charge on any atom is -0.361 e. The average molecular weight is 359 g/mol. The van der Waals surface area contributed by atoms with Crippen LogP contribution >= 0.6 is 35.0 Å². The highest BCUT2D eigenvalue weighted by molar-refractivity contribution is 7.99. The number of carbonyl (C=O) groups excluding carboxylic acids is 1. The van der Waals surface area contributed by atoms with E-state index in [0.717, 1.165) is 22.6 Å². The van der Waals surface area contributed by atoms with Gasteiger partial charge in [-0.1, -0.05) is 34.4 Å². The predicted molar refractivity (Wildman–Crippen MR) is 90.4 cm³/mol. The van der Waals surface area contributed by atoms with Crippen molar-refractivity contribution in [1.29, 1.82) is 0 Å². The Morgan fingerprint density at radius 1 is 1.36 bits per heavy atom. The summed E-state index contributed by atoms with van der Waals surface area (Å²) in [5, 5.41) is 7.95. The Kier molecular flexibility index (Phi) is 6.17. The Morgan fingerprint density at radius 3 is 2.77 bits per heavy atom. The maximum absolute atomic E-state index is 11.9. The van der Waals surface area contributed by atoms with Gasteiger partial charge in [-0.15, -0.1) is 11.8 Å². The number of benzene rings is 1. The molecule has 2 aromatic rings. The first-order valence-electron chi connectivity index (χ1n) is 6.67. The summed E-state index contributed by atoms with van der Waals surface area (Å²) >= 11 is 13.4. The number of nitrogens with zero attached hydrogens (tertiary/aromatic N) is 1. The van der Waals surface area contributed by atoms with Crippen LogP contribution in [0, 0.1) is 13.8 Å². The molecule has 1 aromatic carbocycles.